The largest absolute Gasteiger partial charge is 0.497 e. The van der Waals surface area contributed by atoms with Crippen LogP contribution in [0.15, 0.2) is 42.5 Å². The van der Waals surface area contributed by atoms with Crippen molar-refractivity contribution in [1.29, 1.82) is 0 Å². The summed E-state index contributed by atoms with van der Waals surface area (Å²) in [7, 11) is 1.60. The Morgan fingerprint density at radius 1 is 1.17 bits per heavy atom. The Labute approximate surface area is 139 Å². The normalized spacial score (nSPS) is 10.4. The van der Waals surface area contributed by atoms with E-state index in [0.29, 0.717) is 23.7 Å². The van der Waals surface area contributed by atoms with Gasteiger partial charge >= 0.3 is 0 Å². The minimum Gasteiger partial charge on any atom is -0.497 e. The number of hydrogen-bond donors (Lipinski definition) is 2. The van der Waals surface area contributed by atoms with Gasteiger partial charge in [0.25, 0.3) is 0 Å². The molecule has 122 valence electrons. The van der Waals surface area contributed by atoms with E-state index in [0.717, 1.165) is 11.3 Å². The first-order valence-corrected chi connectivity index (χ1v) is 7.50. The van der Waals surface area contributed by atoms with Gasteiger partial charge in [-0.3, -0.25) is 4.79 Å². The average molecular weight is 337 g/mol. The molecule has 6 heteroatoms. The number of carbonyl (C=O) groups excluding carboxylic acids is 1. The van der Waals surface area contributed by atoms with Gasteiger partial charge < -0.3 is 15.4 Å². The van der Waals surface area contributed by atoms with Crippen molar-refractivity contribution in [3.63, 3.8) is 0 Å². The zero-order valence-corrected chi connectivity index (χ0v) is 13.5. The Morgan fingerprint density at radius 2 is 1.91 bits per heavy atom. The fraction of sp³-hybridized carbons (Fsp3) is 0.235. The van der Waals surface area contributed by atoms with Gasteiger partial charge in [-0.2, -0.15) is 0 Å². The second-order valence-corrected chi connectivity index (χ2v) is 5.37. The summed E-state index contributed by atoms with van der Waals surface area (Å²) in [5, 5.41) is 6.21. The maximum atomic E-state index is 13.1. The highest BCUT2D eigenvalue weighted by Crippen LogP contribution is 2.16. The number of ether oxygens (including phenoxy) is 1. The molecule has 2 aromatic carbocycles. The van der Waals surface area contributed by atoms with Crippen LogP contribution in [0.5, 0.6) is 5.75 Å². The van der Waals surface area contributed by atoms with Crippen molar-refractivity contribution in [2.75, 3.05) is 13.7 Å². The van der Waals surface area contributed by atoms with Crippen molar-refractivity contribution in [2.24, 2.45) is 0 Å². The van der Waals surface area contributed by atoms with Gasteiger partial charge in [0.15, 0.2) is 0 Å². The van der Waals surface area contributed by atoms with Crippen LogP contribution in [0, 0.1) is 5.82 Å². The third-order valence-electron chi connectivity index (χ3n) is 3.26. The van der Waals surface area contributed by atoms with Crippen molar-refractivity contribution >= 4 is 17.5 Å². The van der Waals surface area contributed by atoms with E-state index in [4.69, 9.17) is 16.3 Å². The van der Waals surface area contributed by atoms with Crippen LogP contribution in [0.1, 0.15) is 11.1 Å². The quantitative estimate of drug-likeness (QED) is 0.817. The molecule has 2 N–H and O–H groups in total. The molecule has 1 amide bonds. The van der Waals surface area contributed by atoms with Gasteiger partial charge in [-0.05, 0) is 41.5 Å². The minimum atomic E-state index is -0.352. The average Bonchev–Trinajstić information content (AvgIpc) is 2.56. The van der Waals surface area contributed by atoms with Crippen molar-refractivity contribution < 1.29 is 13.9 Å². The van der Waals surface area contributed by atoms with Gasteiger partial charge in [-0.1, -0.05) is 23.7 Å². The van der Waals surface area contributed by atoms with Crippen LogP contribution in [-0.2, 0) is 17.9 Å². The number of nitrogens with one attached hydrogen (secondary N) is 2. The van der Waals surface area contributed by atoms with Gasteiger partial charge in [-0.15, -0.1) is 0 Å². The van der Waals surface area contributed by atoms with Crippen LogP contribution in [0.4, 0.5) is 4.39 Å². The Balaban J connectivity index is 1.73. The van der Waals surface area contributed by atoms with E-state index in [1.807, 2.05) is 24.3 Å². The van der Waals surface area contributed by atoms with Crippen LogP contribution < -0.4 is 15.4 Å². The number of hydrogen-bond acceptors (Lipinski definition) is 3. The van der Waals surface area contributed by atoms with Gasteiger partial charge in [0.1, 0.15) is 11.6 Å². The van der Waals surface area contributed by atoms with Crippen LogP contribution in [0.25, 0.3) is 0 Å². The molecule has 0 bridgehead atoms. The third kappa shape index (κ3) is 5.54. The summed E-state index contributed by atoms with van der Waals surface area (Å²) >= 11 is 5.96. The smallest absolute Gasteiger partial charge is 0.234 e. The molecule has 0 atom stereocenters. The molecular weight excluding hydrogens is 319 g/mol. The molecule has 2 aromatic rings. The summed E-state index contributed by atoms with van der Waals surface area (Å²) in [6, 6.07) is 11.6. The van der Waals surface area contributed by atoms with E-state index in [-0.39, 0.29) is 18.3 Å². The van der Waals surface area contributed by atoms with Crippen LogP contribution in [-0.4, -0.2) is 19.6 Å². The SMILES string of the molecule is COc1ccc(CNC(=O)CNCc2cc(F)ccc2Cl)cc1. The Morgan fingerprint density at radius 3 is 2.61 bits per heavy atom. The van der Waals surface area contributed by atoms with Crippen LogP contribution in [0.2, 0.25) is 5.02 Å². The Hall–Kier alpha value is -2.11. The fourth-order valence-corrected chi connectivity index (χ4v) is 2.18. The molecule has 0 saturated carbocycles. The molecule has 0 aromatic heterocycles. The molecule has 0 aliphatic rings. The summed E-state index contributed by atoms with van der Waals surface area (Å²) in [6.45, 7) is 0.890. The molecule has 0 unspecified atom stereocenters. The summed E-state index contributed by atoms with van der Waals surface area (Å²) in [6.07, 6.45) is 0. The van der Waals surface area contributed by atoms with E-state index < -0.39 is 0 Å². The highest BCUT2D eigenvalue weighted by atomic mass is 35.5. The molecule has 23 heavy (non-hydrogen) atoms. The second-order valence-electron chi connectivity index (χ2n) is 4.96. The molecule has 0 heterocycles. The molecule has 0 aliphatic carbocycles. The zero-order chi connectivity index (χ0) is 16.7. The van der Waals surface area contributed by atoms with Crippen molar-refractivity contribution in [3.8, 4) is 5.75 Å². The topological polar surface area (TPSA) is 50.4 Å². The number of amides is 1. The molecule has 0 aliphatic heterocycles. The monoisotopic (exact) mass is 336 g/mol. The van der Waals surface area contributed by atoms with E-state index in [9.17, 15) is 9.18 Å². The van der Waals surface area contributed by atoms with Crippen LogP contribution >= 0.6 is 11.6 Å². The third-order valence-corrected chi connectivity index (χ3v) is 3.63. The summed E-state index contributed by atoms with van der Waals surface area (Å²) in [4.78, 5) is 11.8. The fourth-order valence-electron chi connectivity index (χ4n) is 2.00. The molecule has 0 radical (unpaired) electrons. The lowest BCUT2D eigenvalue weighted by atomic mass is 10.2. The molecule has 0 fully saturated rings. The number of rotatable bonds is 7. The summed E-state index contributed by atoms with van der Waals surface area (Å²) in [5.74, 6) is 0.275. The molecule has 0 saturated heterocycles. The predicted molar refractivity (Wildman–Crippen MR) is 88.0 cm³/mol. The van der Waals surface area contributed by atoms with E-state index in [2.05, 4.69) is 10.6 Å². The lowest BCUT2D eigenvalue weighted by Gasteiger charge is -2.08. The number of methoxy groups -OCH3 is 1. The van der Waals surface area contributed by atoms with Crippen molar-refractivity contribution in [3.05, 3.63) is 64.4 Å². The Kier molecular flexibility index (Phi) is 6.38. The standard InChI is InChI=1S/C17H18ClFN2O2/c1-23-15-5-2-12(3-6-15)9-21-17(22)11-20-10-13-8-14(19)4-7-16(13)18/h2-8,20H,9-11H2,1H3,(H,21,22). The summed E-state index contributed by atoms with van der Waals surface area (Å²) < 4.78 is 18.2. The highest BCUT2D eigenvalue weighted by molar-refractivity contribution is 6.31. The first-order valence-electron chi connectivity index (χ1n) is 7.13. The van der Waals surface area contributed by atoms with Gasteiger partial charge in [0, 0.05) is 18.1 Å². The van der Waals surface area contributed by atoms with Gasteiger partial charge in [0.05, 0.1) is 13.7 Å². The first-order chi connectivity index (χ1) is 11.1. The number of benzene rings is 2. The molecular formula is C17H18ClFN2O2. The minimum absolute atomic E-state index is 0.128. The molecule has 2 rings (SSSR count). The highest BCUT2D eigenvalue weighted by Gasteiger charge is 2.05. The van der Waals surface area contributed by atoms with E-state index in [1.165, 1.54) is 18.2 Å². The molecule has 0 spiro atoms. The maximum absolute atomic E-state index is 13.1. The maximum Gasteiger partial charge on any atom is 0.234 e. The summed E-state index contributed by atoms with van der Waals surface area (Å²) in [5.41, 5.74) is 1.60. The van der Waals surface area contributed by atoms with Gasteiger partial charge in [-0.25, -0.2) is 4.39 Å². The number of carbonyl (C=O) groups is 1. The lowest BCUT2D eigenvalue weighted by molar-refractivity contribution is -0.120. The van der Waals surface area contributed by atoms with Gasteiger partial charge in [0.2, 0.25) is 5.91 Å². The van der Waals surface area contributed by atoms with E-state index in [1.54, 1.807) is 7.11 Å². The van der Waals surface area contributed by atoms with Crippen LogP contribution in [0.3, 0.4) is 0 Å². The lowest BCUT2D eigenvalue weighted by Crippen LogP contribution is -2.33. The van der Waals surface area contributed by atoms with Crippen molar-refractivity contribution in [2.45, 2.75) is 13.1 Å². The van der Waals surface area contributed by atoms with E-state index >= 15 is 0 Å². The number of halogens is 2. The Bertz CT molecular complexity index is 662. The zero-order valence-electron chi connectivity index (χ0n) is 12.7. The molecule has 4 nitrogen and oxygen atoms in total. The second kappa shape index (κ2) is 8.50. The predicted octanol–water partition coefficient (Wildman–Crippen LogP) is 2.89. The first kappa shape index (κ1) is 17.2. The van der Waals surface area contributed by atoms with Crippen molar-refractivity contribution in [1.82, 2.24) is 10.6 Å².